The second-order valence-electron chi connectivity index (χ2n) is 4.40. The van der Waals surface area contributed by atoms with Gasteiger partial charge < -0.3 is 10.2 Å². The summed E-state index contributed by atoms with van der Waals surface area (Å²) in [5.41, 5.74) is 0.997. The lowest BCUT2D eigenvalue weighted by Gasteiger charge is -2.23. The zero-order valence-corrected chi connectivity index (χ0v) is 11.0. The van der Waals surface area contributed by atoms with Crippen LogP contribution in [0, 0.1) is 5.82 Å². The maximum atomic E-state index is 13.0. The van der Waals surface area contributed by atoms with Crippen LogP contribution in [0.15, 0.2) is 24.3 Å². The summed E-state index contributed by atoms with van der Waals surface area (Å²) in [5, 5.41) is 3.42. The quantitative estimate of drug-likeness (QED) is 0.785. The van der Waals surface area contributed by atoms with Crippen molar-refractivity contribution in [2.75, 3.05) is 19.6 Å². The van der Waals surface area contributed by atoms with E-state index in [0.717, 1.165) is 31.7 Å². The molecule has 0 aliphatic rings. The molecule has 96 valence electrons. The van der Waals surface area contributed by atoms with Gasteiger partial charge in [0.2, 0.25) is 0 Å². The predicted molar refractivity (Wildman–Crippen MR) is 70.5 cm³/mol. The second kappa shape index (κ2) is 7.41. The number of nitrogens with zero attached hydrogens (tertiary/aromatic N) is 1. The van der Waals surface area contributed by atoms with Crippen molar-refractivity contribution in [2.24, 2.45) is 0 Å². The van der Waals surface area contributed by atoms with E-state index >= 15 is 0 Å². The molecule has 3 heteroatoms. The van der Waals surface area contributed by atoms with Crippen molar-refractivity contribution in [1.82, 2.24) is 10.2 Å². The molecule has 1 unspecified atom stereocenters. The molecule has 0 saturated carbocycles. The van der Waals surface area contributed by atoms with Gasteiger partial charge in [-0.25, -0.2) is 4.39 Å². The predicted octanol–water partition coefficient (Wildman–Crippen LogP) is 2.65. The van der Waals surface area contributed by atoms with Crippen LogP contribution in [-0.4, -0.2) is 30.6 Å². The fraction of sp³-hybridized carbons (Fsp3) is 0.571. The van der Waals surface area contributed by atoms with E-state index in [2.05, 4.69) is 31.0 Å². The summed E-state index contributed by atoms with van der Waals surface area (Å²) in [6.45, 7) is 10.4. The van der Waals surface area contributed by atoms with E-state index in [1.807, 2.05) is 6.07 Å². The minimum atomic E-state index is -0.166. The summed E-state index contributed by atoms with van der Waals surface area (Å²) >= 11 is 0. The van der Waals surface area contributed by atoms with E-state index in [9.17, 15) is 4.39 Å². The zero-order valence-electron chi connectivity index (χ0n) is 11.0. The Balaban J connectivity index is 2.35. The summed E-state index contributed by atoms with van der Waals surface area (Å²) < 4.78 is 13.0. The summed E-state index contributed by atoms with van der Waals surface area (Å²) in [4.78, 5) is 2.38. The maximum absolute atomic E-state index is 13.0. The van der Waals surface area contributed by atoms with Crippen molar-refractivity contribution >= 4 is 0 Å². The van der Waals surface area contributed by atoms with Crippen LogP contribution in [0.25, 0.3) is 0 Å². The van der Waals surface area contributed by atoms with Gasteiger partial charge in [-0.3, -0.25) is 0 Å². The Labute approximate surface area is 104 Å². The molecule has 1 N–H and O–H groups in total. The first-order valence-electron chi connectivity index (χ1n) is 6.35. The Hall–Kier alpha value is -0.930. The molecule has 1 aromatic rings. The van der Waals surface area contributed by atoms with Crippen LogP contribution in [0.5, 0.6) is 0 Å². The number of halogens is 1. The monoisotopic (exact) mass is 238 g/mol. The highest BCUT2D eigenvalue weighted by Gasteiger charge is 2.06. The van der Waals surface area contributed by atoms with Gasteiger partial charge >= 0.3 is 0 Å². The molecule has 17 heavy (non-hydrogen) atoms. The van der Waals surface area contributed by atoms with Gasteiger partial charge in [-0.2, -0.15) is 0 Å². The third-order valence-electron chi connectivity index (χ3n) is 2.97. The van der Waals surface area contributed by atoms with E-state index in [-0.39, 0.29) is 5.82 Å². The van der Waals surface area contributed by atoms with Crippen molar-refractivity contribution in [3.63, 3.8) is 0 Å². The van der Waals surface area contributed by atoms with Crippen molar-refractivity contribution in [3.8, 4) is 0 Å². The second-order valence-corrected chi connectivity index (χ2v) is 4.40. The van der Waals surface area contributed by atoms with Crippen LogP contribution in [0.4, 0.5) is 4.39 Å². The van der Waals surface area contributed by atoms with Crippen LogP contribution in [0.2, 0.25) is 0 Å². The Bertz CT molecular complexity index is 324. The summed E-state index contributed by atoms with van der Waals surface area (Å²) in [6.07, 6.45) is 0. The normalized spacial score (nSPS) is 13.0. The highest BCUT2D eigenvalue weighted by atomic mass is 19.1. The zero-order chi connectivity index (χ0) is 12.7. The number of benzene rings is 1. The Morgan fingerprint density at radius 3 is 2.59 bits per heavy atom. The summed E-state index contributed by atoms with van der Waals surface area (Å²) in [5.74, 6) is -0.166. The fourth-order valence-corrected chi connectivity index (χ4v) is 1.87. The molecule has 0 aliphatic heterocycles. The Kier molecular flexibility index (Phi) is 6.16. The molecule has 0 aromatic heterocycles. The first-order chi connectivity index (χ1) is 8.15. The Morgan fingerprint density at radius 1 is 1.29 bits per heavy atom. The molecule has 0 saturated heterocycles. The van der Waals surface area contributed by atoms with E-state index in [1.165, 1.54) is 6.07 Å². The molecule has 1 rings (SSSR count). The average Bonchev–Trinajstić information content (AvgIpc) is 2.33. The molecule has 0 radical (unpaired) electrons. The first kappa shape index (κ1) is 14.1. The number of nitrogens with one attached hydrogen (secondary N) is 1. The van der Waals surface area contributed by atoms with Gasteiger partial charge in [0.25, 0.3) is 0 Å². The molecule has 0 spiro atoms. The third-order valence-corrected chi connectivity index (χ3v) is 2.97. The maximum Gasteiger partial charge on any atom is 0.123 e. The summed E-state index contributed by atoms with van der Waals surface area (Å²) in [6, 6.07) is 7.17. The van der Waals surface area contributed by atoms with Gasteiger partial charge in [0.1, 0.15) is 5.82 Å². The minimum absolute atomic E-state index is 0.166. The van der Waals surface area contributed by atoms with Crippen LogP contribution in [0.1, 0.15) is 26.3 Å². The molecule has 0 bridgehead atoms. The lowest BCUT2D eigenvalue weighted by atomic mass is 10.2. The van der Waals surface area contributed by atoms with E-state index < -0.39 is 0 Å². The van der Waals surface area contributed by atoms with Crippen molar-refractivity contribution < 1.29 is 4.39 Å². The van der Waals surface area contributed by atoms with Crippen LogP contribution >= 0.6 is 0 Å². The summed E-state index contributed by atoms with van der Waals surface area (Å²) in [7, 11) is 0. The molecule has 1 atom stereocenters. The third kappa shape index (κ3) is 5.29. The van der Waals surface area contributed by atoms with Gasteiger partial charge in [-0.15, -0.1) is 0 Å². The van der Waals surface area contributed by atoms with Crippen molar-refractivity contribution in [2.45, 2.75) is 33.4 Å². The number of hydrogen-bond acceptors (Lipinski definition) is 2. The van der Waals surface area contributed by atoms with Crippen LogP contribution in [0.3, 0.4) is 0 Å². The van der Waals surface area contributed by atoms with E-state index in [1.54, 1.807) is 12.1 Å². The minimum Gasteiger partial charge on any atom is -0.309 e. The molecule has 0 fully saturated rings. The standard InChI is InChI=1S/C14H23FN2/c1-4-17(5-2)11-12(3)16-10-13-7-6-8-14(15)9-13/h6-9,12,16H,4-5,10-11H2,1-3H3. The average molecular weight is 238 g/mol. The van der Waals surface area contributed by atoms with Gasteiger partial charge in [0.05, 0.1) is 0 Å². The smallest absolute Gasteiger partial charge is 0.123 e. The first-order valence-corrected chi connectivity index (χ1v) is 6.35. The Morgan fingerprint density at radius 2 is 2.00 bits per heavy atom. The lowest BCUT2D eigenvalue weighted by Crippen LogP contribution is -2.38. The van der Waals surface area contributed by atoms with E-state index in [4.69, 9.17) is 0 Å². The van der Waals surface area contributed by atoms with Crippen LogP contribution in [-0.2, 0) is 6.54 Å². The number of hydrogen-bond donors (Lipinski definition) is 1. The largest absolute Gasteiger partial charge is 0.309 e. The fourth-order valence-electron chi connectivity index (χ4n) is 1.87. The SMILES string of the molecule is CCN(CC)CC(C)NCc1cccc(F)c1. The lowest BCUT2D eigenvalue weighted by molar-refractivity contribution is 0.270. The van der Waals surface area contributed by atoms with Gasteiger partial charge in [-0.05, 0) is 37.7 Å². The highest BCUT2D eigenvalue weighted by Crippen LogP contribution is 2.03. The highest BCUT2D eigenvalue weighted by molar-refractivity contribution is 5.16. The molecular formula is C14H23FN2. The molecule has 2 nitrogen and oxygen atoms in total. The molecular weight excluding hydrogens is 215 g/mol. The van der Waals surface area contributed by atoms with Crippen LogP contribution < -0.4 is 5.32 Å². The van der Waals surface area contributed by atoms with Crippen molar-refractivity contribution in [3.05, 3.63) is 35.6 Å². The topological polar surface area (TPSA) is 15.3 Å². The molecule has 1 aromatic carbocycles. The van der Waals surface area contributed by atoms with E-state index in [0.29, 0.717) is 6.04 Å². The van der Waals surface area contributed by atoms with Gasteiger partial charge in [0.15, 0.2) is 0 Å². The van der Waals surface area contributed by atoms with Gasteiger partial charge in [0, 0.05) is 19.1 Å². The number of rotatable bonds is 7. The molecule has 0 amide bonds. The number of likely N-dealkylation sites (N-methyl/N-ethyl adjacent to an activating group) is 1. The van der Waals surface area contributed by atoms with Crippen molar-refractivity contribution in [1.29, 1.82) is 0 Å². The van der Waals surface area contributed by atoms with Gasteiger partial charge in [-0.1, -0.05) is 26.0 Å². The molecule has 0 aliphatic carbocycles. The molecule has 0 heterocycles.